The van der Waals surface area contributed by atoms with Gasteiger partial charge in [0.1, 0.15) is 0 Å². The maximum Gasteiger partial charge on any atom is 0.161 e. The monoisotopic (exact) mass is 375 g/mol. The second-order valence-electron chi connectivity index (χ2n) is 8.97. The Morgan fingerprint density at radius 3 is 2.63 bits per heavy atom. The first kappa shape index (κ1) is 20.5. The quantitative estimate of drug-likeness (QED) is 0.757. The van der Waals surface area contributed by atoms with Gasteiger partial charge in [0.25, 0.3) is 0 Å². The van der Waals surface area contributed by atoms with Crippen LogP contribution in [-0.4, -0.2) is 41.9 Å². The average molecular weight is 376 g/mol. The summed E-state index contributed by atoms with van der Waals surface area (Å²) in [6.07, 6.45) is 3.84. The van der Waals surface area contributed by atoms with Crippen molar-refractivity contribution in [1.82, 2.24) is 4.90 Å². The van der Waals surface area contributed by atoms with E-state index in [0.717, 1.165) is 50.3 Å². The predicted octanol–water partition coefficient (Wildman–Crippen LogP) is 4.59. The third-order valence-corrected chi connectivity index (χ3v) is 5.75. The summed E-state index contributed by atoms with van der Waals surface area (Å²) >= 11 is 0. The summed E-state index contributed by atoms with van der Waals surface area (Å²) in [7, 11) is 0. The zero-order chi connectivity index (χ0) is 19.6. The molecule has 2 aliphatic heterocycles. The Bertz CT molecular complexity index is 628. The van der Waals surface area contributed by atoms with Gasteiger partial charge in [-0.2, -0.15) is 0 Å². The Hall–Kier alpha value is -1.26. The number of benzene rings is 1. The van der Waals surface area contributed by atoms with Gasteiger partial charge in [0.15, 0.2) is 11.5 Å². The molecule has 2 aliphatic rings. The molecule has 27 heavy (non-hydrogen) atoms. The Kier molecular flexibility index (Phi) is 6.69. The van der Waals surface area contributed by atoms with E-state index < -0.39 is 0 Å². The molecule has 3 rings (SSSR count). The number of hydrogen-bond acceptors (Lipinski definition) is 4. The number of aliphatic hydroxyl groups excluding tert-OH is 1. The fourth-order valence-electron chi connectivity index (χ4n) is 4.61. The van der Waals surface area contributed by atoms with Gasteiger partial charge in [0.05, 0.1) is 18.8 Å². The molecule has 0 radical (unpaired) electrons. The summed E-state index contributed by atoms with van der Waals surface area (Å²) in [5, 5.41) is 10.8. The Balaban J connectivity index is 1.87. The molecular weight excluding hydrogens is 338 g/mol. The lowest BCUT2D eigenvalue weighted by Crippen LogP contribution is -2.48. The Labute approximate surface area is 164 Å². The van der Waals surface area contributed by atoms with Crippen LogP contribution in [0.3, 0.4) is 0 Å². The molecule has 4 heteroatoms. The maximum atomic E-state index is 10.8. The smallest absolute Gasteiger partial charge is 0.161 e. The minimum Gasteiger partial charge on any atom is -0.490 e. The molecule has 1 aromatic rings. The summed E-state index contributed by atoms with van der Waals surface area (Å²) < 4.78 is 12.1. The van der Waals surface area contributed by atoms with Crippen LogP contribution in [0.4, 0.5) is 0 Å². The van der Waals surface area contributed by atoms with Crippen LogP contribution in [0.5, 0.6) is 11.5 Å². The minimum absolute atomic E-state index is 0.110. The lowest BCUT2D eigenvalue weighted by Gasteiger charge is -2.46. The standard InChI is InChI=1S/C23H37NO3/c1-6-9-26-22-11-17-7-8-24-14-18(10-15(2)3)21(25)13-20(24)19(17)12-23(22)27-16(4)5/h11-12,15-16,18,20-21,25H,6-10,13-14H2,1-5H3. The summed E-state index contributed by atoms with van der Waals surface area (Å²) in [6, 6.07) is 4.67. The van der Waals surface area contributed by atoms with E-state index in [4.69, 9.17) is 9.47 Å². The highest BCUT2D eigenvalue weighted by Gasteiger charge is 2.38. The molecule has 0 saturated carbocycles. The van der Waals surface area contributed by atoms with E-state index in [1.165, 1.54) is 11.1 Å². The van der Waals surface area contributed by atoms with Crippen molar-refractivity contribution in [3.05, 3.63) is 23.3 Å². The first-order valence-corrected chi connectivity index (χ1v) is 10.8. The number of aliphatic hydroxyl groups is 1. The average Bonchev–Trinajstić information content (AvgIpc) is 2.60. The molecule has 0 aromatic heterocycles. The number of ether oxygens (including phenoxy) is 2. The highest BCUT2D eigenvalue weighted by molar-refractivity contribution is 5.50. The SMILES string of the molecule is CCCOc1cc2c(cc1OC(C)C)C1CC(O)C(CC(C)C)CN1CC2. The molecule has 1 fully saturated rings. The van der Waals surface area contributed by atoms with Crippen LogP contribution < -0.4 is 9.47 Å². The van der Waals surface area contributed by atoms with Crippen molar-refractivity contribution in [3.8, 4) is 11.5 Å². The van der Waals surface area contributed by atoms with Crippen molar-refractivity contribution < 1.29 is 14.6 Å². The summed E-state index contributed by atoms with van der Waals surface area (Å²) in [6.45, 7) is 13.5. The van der Waals surface area contributed by atoms with Crippen LogP contribution >= 0.6 is 0 Å². The second kappa shape index (κ2) is 8.83. The van der Waals surface area contributed by atoms with Crippen molar-refractivity contribution in [1.29, 1.82) is 0 Å². The number of fused-ring (bicyclic) bond motifs is 3. The molecule has 3 unspecified atom stereocenters. The fourth-order valence-corrected chi connectivity index (χ4v) is 4.61. The number of piperidine rings is 1. The number of hydrogen-bond donors (Lipinski definition) is 1. The van der Waals surface area contributed by atoms with Crippen molar-refractivity contribution in [2.24, 2.45) is 11.8 Å². The zero-order valence-corrected chi connectivity index (χ0v) is 17.7. The molecule has 0 aliphatic carbocycles. The van der Waals surface area contributed by atoms with Gasteiger partial charge in [-0.25, -0.2) is 0 Å². The predicted molar refractivity (Wildman–Crippen MR) is 110 cm³/mol. The largest absolute Gasteiger partial charge is 0.490 e. The molecule has 1 aromatic carbocycles. The summed E-state index contributed by atoms with van der Waals surface area (Å²) in [5.41, 5.74) is 2.68. The molecule has 3 atom stereocenters. The van der Waals surface area contributed by atoms with Crippen molar-refractivity contribution in [2.45, 2.75) is 78.6 Å². The van der Waals surface area contributed by atoms with E-state index in [1.54, 1.807) is 0 Å². The number of nitrogens with zero attached hydrogens (tertiary/aromatic N) is 1. The zero-order valence-electron chi connectivity index (χ0n) is 17.7. The van der Waals surface area contributed by atoms with Gasteiger partial charge in [-0.1, -0.05) is 20.8 Å². The van der Waals surface area contributed by atoms with Crippen LogP contribution in [0.1, 0.15) is 71.0 Å². The first-order valence-electron chi connectivity index (χ1n) is 10.8. The maximum absolute atomic E-state index is 10.8. The highest BCUT2D eigenvalue weighted by Crippen LogP contribution is 2.44. The molecule has 0 bridgehead atoms. The summed E-state index contributed by atoms with van der Waals surface area (Å²) in [4.78, 5) is 2.58. The second-order valence-corrected chi connectivity index (χ2v) is 8.97. The van der Waals surface area contributed by atoms with E-state index >= 15 is 0 Å². The molecule has 1 N–H and O–H groups in total. The Morgan fingerprint density at radius 1 is 1.19 bits per heavy atom. The van der Waals surface area contributed by atoms with Gasteiger partial charge >= 0.3 is 0 Å². The Morgan fingerprint density at radius 2 is 1.96 bits per heavy atom. The molecule has 0 spiro atoms. The van der Waals surface area contributed by atoms with Crippen LogP contribution in [0, 0.1) is 11.8 Å². The van der Waals surface area contributed by atoms with Crippen molar-refractivity contribution in [2.75, 3.05) is 19.7 Å². The molecular formula is C23H37NO3. The molecule has 1 saturated heterocycles. The molecule has 0 amide bonds. The van der Waals surface area contributed by atoms with Crippen LogP contribution in [0.15, 0.2) is 12.1 Å². The lowest BCUT2D eigenvalue weighted by molar-refractivity contribution is -0.0192. The molecule has 2 heterocycles. The van der Waals surface area contributed by atoms with Gasteiger partial charge < -0.3 is 14.6 Å². The van der Waals surface area contributed by atoms with Gasteiger partial charge in [-0.15, -0.1) is 0 Å². The van der Waals surface area contributed by atoms with Crippen molar-refractivity contribution in [3.63, 3.8) is 0 Å². The lowest BCUT2D eigenvalue weighted by atomic mass is 9.79. The van der Waals surface area contributed by atoms with Crippen LogP contribution in [0.25, 0.3) is 0 Å². The van der Waals surface area contributed by atoms with Gasteiger partial charge in [0, 0.05) is 19.1 Å². The van der Waals surface area contributed by atoms with Gasteiger partial charge in [-0.3, -0.25) is 4.90 Å². The normalized spacial score (nSPS) is 25.4. The van der Waals surface area contributed by atoms with Crippen molar-refractivity contribution >= 4 is 0 Å². The van der Waals surface area contributed by atoms with E-state index in [9.17, 15) is 5.11 Å². The van der Waals surface area contributed by atoms with E-state index in [2.05, 4.69) is 51.7 Å². The molecule has 4 nitrogen and oxygen atoms in total. The topological polar surface area (TPSA) is 41.9 Å². The highest BCUT2D eigenvalue weighted by atomic mass is 16.5. The minimum atomic E-state index is -0.218. The third kappa shape index (κ3) is 4.78. The molecule has 152 valence electrons. The van der Waals surface area contributed by atoms with Gasteiger partial charge in [0.2, 0.25) is 0 Å². The van der Waals surface area contributed by atoms with E-state index in [0.29, 0.717) is 24.5 Å². The van der Waals surface area contributed by atoms with E-state index in [-0.39, 0.29) is 12.2 Å². The fraction of sp³-hybridized carbons (Fsp3) is 0.739. The van der Waals surface area contributed by atoms with Gasteiger partial charge in [-0.05, 0) is 74.6 Å². The summed E-state index contributed by atoms with van der Waals surface area (Å²) in [5.74, 6) is 2.73. The number of rotatable bonds is 7. The van der Waals surface area contributed by atoms with Crippen LogP contribution in [-0.2, 0) is 6.42 Å². The third-order valence-electron chi connectivity index (χ3n) is 5.75. The first-order chi connectivity index (χ1) is 12.9. The van der Waals surface area contributed by atoms with E-state index in [1.807, 2.05) is 0 Å². The van der Waals surface area contributed by atoms with Crippen LogP contribution in [0.2, 0.25) is 0 Å².